The number of benzene rings is 6. The standard InChI is InChI=1S/C40H26N2O/c1-3-10-28(11-4-1)36-26-37(42-40(41-36)30-12-5-2-6-13-30)29-20-18-27(19-21-29)31-14-9-15-32(24-31)33-22-23-39-35(25-33)34-16-7-8-17-38(34)43-39/h1-26H. The first-order valence-corrected chi connectivity index (χ1v) is 14.4. The molecule has 0 fully saturated rings. The molecule has 0 saturated heterocycles. The third-order valence-corrected chi connectivity index (χ3v) is 7.91. The van der Waals surface area contributed by atoms with E-state index in [-0.39, 0.29) is 0 Å². The Balaban J connectivity index is 1.15. The van der Waals surface area contributed by atoms with Gasteiger partial charge in [0.25, 0.3) is 0 Å². The maximum atomic E-state index is 6.04. The van der Waals surface area contributed by atoms with E-state index in [1.165, 1.54) is 16.7 Å². The summed E-state index contributed by atoms with van der Waals surface area (Å²) in [6.45, 7) is 0. The summed E-state index contributed by atoms with van der Waals surface area (Å²) >= 11 is 0. The molecule has 0 unspecified atom stereocenters. The van der Waals surface area contributed by atoms with Gasteiger partial charge in [-0.15, -0.1) is 0 Å². The predicted octanol–water partition coefficient (Wildman–Crippen LogP) is 10.7. The van der Waals surface area contributed by atoms with E-state index >= 15 is 0 Å². The number of fused-ring (bicyclic) bond motifs is 3. The molecule has 8 aromatic rings. The van der Waals surface area contributed by atoms with Crippen molar-refractivity contribution in [2.45, 2.75) is 0 Å². The summed E-state index contributed by atoms with van der Waals surface area (Å²) in [7, 11) is 0. The van der Waals surface area contributed by atoms with Gasteiger partial charge in [-0.05, 0) is 52.6 Å². The number of hydrogen-bond acceptors (Lipinski definition) is 3. The number of rotatable bonds is 5. The summed E-state index contributed by atoms with van der Waals surface area (Å²) in [5.41, 5.74) is 11.4. The van der Waals surface area contributed by atoms with Gasteiger partial charge >= 0.3 is 0 Å². The van der Waals surface area contributed by atoms with Gasteiger partial charge in [0, 0.05) is 27.5 Å². The third kappa shape index (κ3) is 4.77. The quantitative estimate of drug-likeness (QED) is 0.214. The van der Waals surface area contributed by atoms with E-state index in [0.29, 0.717) is 0 Å². The van der Waals surface area contributed by atoms with Crippen molar-refractivity contribution < 1.29 is 4.42 Å². The van der Waals surface area contributed by atoms with Crippen molar-refractivity contribution in [2.75, 3.05) is 0 Å². The molecule has 0 atom stereocenters. The maximum Gasteiger partial charge on any atom is 0.160 e. The molecule has 0 aliphatic carbocycles. The number of para-hydroxylation sites is 1. The Bertz CT molecular complexity index is 2160. The second kappa shape index (κ2) is 10.6. The molecule has 3 nitrogen and oxygen atoms in total. The summed E-state index contributed by atoms with van der Waals surface area (Å²) in [5, 5.41) is 2.28. The van der Waals surface area contributed by atoms with Crippen LogP contribution in [0.5, 0.6) is 0 Å². The van der Waals surface area contributed by atoms with Crippen LogP contribution < -0.4 is 0 Å². The summed E-state index contributed by atoms with van der Waals surface area (Å²) in [6, 6.07) is 54.5. The highest BCUT2D eigenvalue weighted by molar-refractivity contribution is 6.06. The zero-order valence-electron chi connectivity index (χ0n) is 23.3. The van der Waals surface area contributed by atoms with Crippen LogP contribution in [-0.2, 0) is 0 Å². The minimum Gasteiger partial charge on any atom is -0.456 e. The van der Waals surface area contributed by atoms with E-state index in [4.69, 9.17) is 14.4 Å². The Kier molecular flexibility index (Phi) is 6.12. The monoisotopic (exact) mass is 550 g/mol. The molecule has 0 N–H and O–H groups in total. The van der Waals surface area contributed by atoms with Crippen molar-refractivity contribution in [1.82, 2.24) is 9.97 Å². The number of nitrogens with zero attached hydrogens (tertiary/aromatic N) is 2. The molecule has 2 aromatic heterocycles. The topological polar surface area (TPSA) is 38.9 Å². The smallest absolute Gasteiger partial charge is 0.160 e. The van der Waals surface area contributed by atoms with Gasteiger partial charge in [-0.25, -0.2) is 9.97 Å². The zero-order valence-corrected chi connectivity index (χ0v) is 23.3. The molecule has 2 heterocycles. The van der Waals surface area contributed by atoms with Gasteiger partial charge in [0.15, 0.2) is 5.82 Å². The molecule has 0 saturated carbocycles. The van der Waals surface area contributed by atoms with Gasteiger partial charge < -0.3 is 4.42 Å². The van der Waals surface area contributed by atoms with Gasteiger partial charge in [0.2, 0.25) is 0 Å². The predicted molar refractivity (Wildman–Crippen MR) is 176 cm³/mol. The van der Waals surface area contributed by atoms with Crippen LogP contribution in [0.3, 0.4) is 0 Å². The minimum atomic E-state index is 0.719. The molecule has 0 bridgehead atoms. The lowest BCUT2D eigenvalue weighted by Gasteiger charge is -2.10. The highest BCUT2D eigenvalue weighted by Gasteiger charge is 2.12. The van der Waals surface area contributed by atoms with Crippen molar-refractivity contribution in [2.24, 2.45) is 0 Å². The molecule has 0 spiro atoms. The Labute approximate surface area is 249 Å². The van der Waals surface area contributed by atoms with Gasteiger partial charge in [0.1, 0.15) is 11.2 Å². The first kappa shape index (κ1) is 25.0. The second-order valence-electron chi connectivity index (χ2n) is 10.7. The van der Waals surface area contributed by atoms with Crippen LogP contribution in [0.4, 0.5) is 0 Å². The average Bonchev–Trinajstić information content (AvgIpc) is 3.47. The minimum absolute atomic E-state index is 0.719. The molecule has 0 radical (unpaired) electrons. The lowest BCUT2D eigenvalue weighted by Crippen LogP contribution is -1.95. The van der Waals surface area contributed by atoms with Gasteiger partial charge in [-0.2, -0.15) is 0 Å². The van der Waals surface area contributed by atoms with E-state index in [0.717, 1.165) is 61.4 Å². The van der Waals surface area contributed by atoms with Crippen LogP contribution in [-0.4, -0.2) is 9.97 Å². The van der Waals surface area contributed by atoms with Crippen molar-refractivity contribution in [3.63, 3.8) is 0 Å². The molecule has 0 amide bonds. The SMILES string of the molecule is c1ccc(-c2cc(-c3ccc(-c4cccc(-c5ccc6oc7ccccc7c6c5)c4)cc3)nc(-c3ccccc3)n2)cc1. The van der Waals surface area contributed by atoms with E-state index in [1.54, 1.807) is 0 Å². The molecule has 43 heavy (non-hydrogen) atoms. The van der Waals surface area contributed by atoms with Crippen molar-refractivity contribution in [3.05, 3.63) is 158 Å². The summed E-state index contributed by atoms with van der Waals surface area (Å²) < 4.78 is 6.04. The third-order valence-electron chi connectivity index (χ3n) is 7.91. The normalized spacial score (nSPS) is 11.3. The first-order valence-electron chi connectivity index (χ1n) is 14.4. The molecule has 0 aliphatic heterocycles. The van der Waals surface area contributed by atoms with Gasteiger partial charge in [-0.1, -0.05) is 127 Å². The fourth-order valence-corrected chi connectivity index (χ4v) is 5.69. The summed E-state index contributed by atoms with van der Waals surface area (Å²) in [6.07, 6.45) is 0. The lowest BCUT2D eigenvalue weighted by molar-refractivity contribution is 0.669. The fraction of sp³-hybridized carbons (Fsp3) is 0. The Morgan fingerprint density at radius 2 is 0.837 bits per heavy atom. The summed E-state index contributed by atoms with van der Waals surface area (Å²) in [5.74, 6) is 0.719. The lowest BCUT2D eigenvalue weighted by atomic mass is 9.97. The number of aromatic nitrogens is 2. The van der Waals surface area contributed by atoms with Gasteiger partial charge in [0.05, 0.1) is 11.4 Å². The highest BCUT2D eigenvalue weighted by Crippen LogP contribution is 2.34. The molecular formula is C40H26N2O. The van der Waals surface area contributed by atoms with Crippen LogP contribution >= 0.6 is 0 Å². The van der Waals surface area contributed by atoms with Crippen molar-refractivity contribution in [1.29, 1.82) is 0 Å². The van der Waals surface area contributed by atoms with E-state index in [2.05, 4.69) is 109 Å². The zero-order chi connectivity index (χ0) is 28.6. The maximum absolute atomic E-state index is 6.04. The van der Waals surface area contributed by atoms with E-state index in [9.17, 15) is 0 Å². The molecule has 3 heteroatoms. The molecular weight excluding hydrogens is 524 g/mol. The Hall–Kier alpha value is -5.80. The van der Waals surface area contributed by atoms with Crippen LogP contribution in [0.1, 0.15) is 0 Å². The highest BCUT2D eigenvalue weighted by atomic mass is 16.3. The van der Waals surface area contributed by atoms with Gasteiger partial charge in [-0.3, -0.25) is 0 Å². The van der Waals surface area contributed by atoms with Crippen LogP contribution in [0.2, 0.25) is 0 Å². The van der Waals surface area contributed by atoms with E-state index in [1.807, 2.05) is 48.5 Å². The largest absolute Gasteiger partial charge is 0.456 e. The average molecular weight is 551 g/mol. The van der Waals surface area contributed by atoms with Crippen LogP contribution in [0.15, 0.2) is 162 Å². The first-order chi connectivity index (χ1) is 21.3. The van der Waals surface area contributed by atoms with Crippen molar-refractivity contribution >= 4 is 21.9 Å². The molecule has 0 aliphatic rings. The second-order valence-corrected chi connectivity index (χ2v) is 10.7. The summed E-state index contributed by atoms with van der Waals surface area (Å²) in [4.78, 5) is 9.90. The Morgan fingerprint density at radius 1 is 0.326 bits per heavy atom. The molecule has 6 aromatic carbocycles. The van der Waals surface area contributed by atoms with Crippen LogP contribution in [0, 0.1) is 0 Å². The number of furan rings is 1. The number of hydrogen-bond donors (Lipinski definition) is 0. The fourth-order valence-electron chi connectivity index (χ4n) is 5.69. The molecule has 202 valence electrons. The molecule has 8 rings (SSSR count). The van der Waals surface area contributed by atoms with Crippen molar-refractivity contribution in [3.8, 4) is 56.2 Å². The Morgan fingerprint density at radius 3 is 1.58 bits per heavy atom. The van der Waals surface area contributed by atoms with E-state index < -0.39 is 0 Å². The van der Waals surface area contributed by atoms with Crippen LogP contribution in [0.25, 0.3) is 78.1 Å².